The minimum atomic E-state index is 0.423. The molecule has 0 heterocycles. The van der Waals surface area contributed by atoms with Crippen LogP contribution in [0.3, 0.4) is 0 Å². The first kappa shape index (κ1) is 13.0. The van der Waals surface area contributed by atoms with Crippen LogP contribution in [0.2, 0.25) is 0 Å². The van der Waals surface area contributed by atoms with E-state index < -0.39 is 0 Å². The Morgan fingerprint density at radius 1 is 1.36 bits per heavy atom. The molecular weight excluding hydrogens is 200 g/mol. The SMILES string of the molecule is CC.O=Cc1ccccc1OCCCl. The standard InChI is InChI=1S/C9H9ClO2.C2H6/c10-5-6-12-9-4-2-1-3-8(9)7-11;1-2/h1-4,7H,5-6H2;1-2H3. The molecule has 1 aromatic rings. The minimum Gasteiger partial charge on any atom is -0.492 e. The molecule has 0 N–H and O–H groups in total. The monoisotopic (exact) mass is 214 g/mol. The number of hydrogen-bond donors (Lipinski definition) is 0. The fourth-order valence-electron chi connectivity index (χ4n) is 0.858. The third-order valence-electron chi connectivity index (χ3n) is 1.38. The number of rotatable bonds is 4. The second-order valence-corrected chi connectivity index (χ2v) is 2.57. The smallest absolute Gasteiger partial charge is 0.153 e. The summed E-state index contributed by atoms with van der Waals surface area (Å²) in [5.74, 6) is 1.01. The number of ether oxygens (including phenoxy) is 1. The zero-order chi connectivity index (χ0) is 10.8. The van der Waals surface area contributed by atoms with Crippen LogP contribution in [0.5, 0.6) is 5.75 Å². The fraction of sp³-hybridized carbons (Fsp3) is 0.364. The summed E-state index contributed by atoms with van der Waals surface area (Å²) < 4.78 is 5.21. The van der Waals surface area contributed by atoms with Crippen molar-refractivity contribution in [1.29, 1.82) is 0 Å². The van der Waals surface area contributed by atoms with Crippen LogP contribution in [0.4, 0.5) is 0 Å². The van der Waals surface area contributed by atoms with Gasteiger partial charge in [-0.05, 0) is 12.1 Å². The van der Waals surface area contributed by atoms with Crippen LogP contribution >= 0.6 is 11.6 Å². The Balaban J connectivity index is 0.000000791. The molecule has 0 atom stereocenters. The van der Waals surface area contributed by atoms with E-state index in [0.29, 0.717) is 23.8 Å². The lowest BCUT2D eigenvalue weighted by molar-refractivity contribution is 0.112. The number of carbonyl (C=O) groups is 1. The van der Waals surface area contributed by atoms with Gasteiger partial charge in [0.05, 0.1) is 11.4 Å². The molecule has 0 saturated carbocycles. The summed E-state index contributed by atoms with van der Waals surface area (Å²) >= 11 is 5.43. The van der Waals surface area contributed by atoms with Crippen molar-refractivity contribution < 1.29 is 9.53 Å². The van der Waals surface area contributed by atoms with Crippen molar-refractivity contribution in [3.63, 3.8) is 0 Å². The van der Waals surface area contributed by atoms with E-state index in [4.69, 9.17) is 16.3 Å². The Bertz CT molecular complexity index is 261. The molecule has 1 aromatic carbocycles. The van der Waals surface area contributed by atoms with E-state index in [-0.39, 0.29) is 0 Å². The first-order chi connectivity index (χ1) is 6.88. The van der Waals surface area contributed by atoms with E-state index in [2.05, 4.69) is 0 Å². The van der Waals surface area contributed by atoms with Gasteiger partial charge >= 0.3 is 0 Å². The highest BCUT2D eigenvalue weighted by Gasteiger charge is 1.99. The molecule has 14 heavy (non-hydrogen) atoms. The minimum absolute atomic E-state index is 0.423. The van der Waals surface area contributed by atoms with Gasteiger partial charge in [0.1, 0.15) is 12.4 Å². The third kappa shape index (κ3) is 4.28. The summed E-state index contributed by atoms with van der Waals surface area (Å²) in [6.07, 6.45) is 0.767. The summed E-state index contributed by atoms with van der Waals surface area (Å²) in [4.78, 5) is 10.5. The number of benzene rings is 1. The predicted molar refractivity (Wildman–Crippen MR) is 59.4 cm³/mol. The Kier molecular flexibility index (Phi) is 7.95. The molecule has 0 fully saturated rings. The molecule has 2 nitrogen and oxygen atoms in total. The van der Waals surface area contributed by atoms with Crippen molar-refractivity contribution >= 4 is 17.9 Å². The van der Waals surface area contributed by atoms with Gasteiger partial charge in [-0.3, -0.25) is 4.79 Å². The van der Waals surface area contributed by atoms with Gasteiger partial charge in [-0.1, -0.05) is 26.0 Å². The van der Waals surface area contributed by atoms with Gasteiger partial charge in [-0.25, -0.2) is 0 Å². The molecule has 0 unspecified atom stereocenters. The quantitative estimate of drug-likeness (QED) is 0.569. The largest absolute Gasteiger partial charge is 0.492 e. The molecule has 0 amide bonds. The van der Waals surface area contributed by atoms with Crippen LogP contribution in [0.15, 0.2) is 24.3 Å². The highest BCUT2D eigenvalue weighted by atomic mass is 35.5. The average Bonchev–Trinajstić information content (AvgIpc) is 2.29. The van der Waals surface area contributed by atoms with Crippen LogP contribution in [-0.2, 0) is 0 Å². The lowest BCUT2D eigenvalue weighted by atomic mass is 10.2. The lowest BCUT2D eigenvalue weighted by Crippen LogP contribution is -2.00. The maximum Gasteiger partial charge on any atom is 0.153 e. The van der Waals surface area contributed by atoms with Crippen molar-refractivity contribution in [3.8, 4) is 5.75 Å². The van der Waals surface area contributed by atoms with E-state index in [9.17, 15) is 4.79 Å². The molecule has 0 aliphatic carbocycles. The van der Waals surface area contributed by atoms with Crippen molar-refractivity contribution in [2.24, 2.45) is 0 Å². The Hall–Kier alpha value is -1.02. The first-order valence-corrected chi connectivity index (χ1v) is 5.15. The average molecular weight is 215 g/mol. The molecule has 1 rings (SSSR count). The van der Waals surface area contributed by atoms with Gasteiger partial charge in [-0.2, -0.15) is 0 Å². The van der Waals surface area contributed by atoms with E-state index in [1.807, 2.05) is 19.9 Å². The summed E-state index contributed by atoms with van der Waals surface area (Å²) in [7, 11) is 0. The molecule has 0 saturated heterocycles. The van der Waals surface area contributed by atoms with Gasteiger partial charge in [0.2, 0.25) is 0 Å². The van der Waals surface area contributed by atoms with Crippen LogP contribution < -0.4 is 4.74 Å². The second kappa shape index (κ2) is 8.57. The predicted octanol–water partition coefficient (Wildman–Crippen LogP) is 3.14. The van der Waals surface area contributed by atoms with Crippen LogP contribution in [0, 0.1) is 0 Å². The number of carbonyl (C=O) groups excluding carboxylic acids is 1. The Morgan fingerprint density at radius 3 is 2.57 bits per heavy atom. The molecule has 0 spiro atoms. The van der Waals surface area contributed by atoms with Crippen LogP contribution in [0.25, 0.3) is 0 Å². The van der Waals surface area contributed by atoms with Gasteiger partial charge in [0.15, 0.2) is 6.29 Å². The van der Waals surface area contributed by atoms with E-state index in [1.54, 1.807) is 18.2 Å². The van der Waals surface area contributed by atoms with Crippen molar-refractivity contribution in [3.05, 3.63) is 29.8 Å². The highest BCUT2D eigenvalue weighted by molar-refractivity contribution is 6.18. The molecule has 0 aromatic heterocycles. The maximum atomic E-state index is 10.5. The fourth-order valence-corrected chi connectivity index (χ4v) is 0.935. The summed E-state index contributed by atoms with van der Waals surface area (Å²) in [6.45, 7) is 4.42. The van der Waals surface area contributed by atoms with E-state index >= 15 is 0 Å². The van der Waals surface area contributed by atoms with Crippen molar-refractivity contribution in [1.82, 2.24) is 0 Å². The molecule has 78 valence electrons. The number of para-hydroxylation sites is 1. The summed E-state index contributed by atoms with van der Waals surface area (Å²) in [5, 5.41) is 0. The second-order valence-electron chi connectivity index (χ2n) is 2.19. The lowest BCUT2D eigenvalue weighted by Gasteiger charge is -2.04. The van der Waals surface area contributed by atoms with Crippen LogP contribution in [0.1, 0.15) is 24.2 Å². The number of hydrogen-bond acceptors (Lipinski definition) is 2. The van der Waals surface area contributed by atoms with Crippen molar-refractivity contribution in [2.45, 2.75) is 13.8 Å². The van der Waals surface area contributed by atoms with Crippen molar-refractivity contribution in [2.75, 3.05) is 12.5 Å². The maximum absolute atomic E-state index is 10.5. The highest BCUT2D eigenvalue weighted by Crippen LogP contribution is 2.15. The Morgan fingerprint density at radius 2 is 2.00 bits per heavy atom. The topological polar surface area (TPSA) is 26.3 Å². The Labute approximate surface area is 89.8 Å². The van der Waals surface area contributed by atoms with E-state index in [1.165, 1.54) is 0 Å². The van der Waals surface area contributed by atoms with Gasteiger partial charge in [-0.15, -0.1) is 11.6 Å². The number of aldehydes is 1. The van der Waals surface area contributed by atoms with E-state index in [0.717, 1.165) is 6.29 Å². The summed E-state index contributed by atoms with van der Waals surface area (Å²) in [6, 6.07) is 7.06. The normalized spacial score (nSPS) is 8.50. The third-order valence-corrected chi connectivity index (χ3v) is 1.53. The van der Waals surface area contributed by atoms with Gasteiger partial charge in [0.25, 0.3) is 0 Å². The molecule has 3 heteroatoms. The first-order valence-electron chi connectivity index (χ1n) is 4.61. The summed E-state index contributed by atoms with van der Waals surface area (Å²) in [5.41, 5.74) is 0.558. The van der Waals surface area contributed by atoms with Gasteiger partial charge in [0, 0.05) is 0 Å². The zero-order valence-corrected chi connectivity index (χ0v) is 9.25. The molecular formula is C11H15ClO2. The molecule has 0 aliphatic rings. The molecule has 0 bridgehead atoms. The molecule has 0 aliphatic heterocycles. The van der Waals surface area contributed by atoms with Gasteiger partial charge < -0.3 is 4.74 Å². The number of alkyl halides is 1. The zero-order valence-electron chi connectivity index (χ0n) is 8.50. The van der Waals surface area contributed by atoms with Crippen LogP contribution in [-0.4, -0.2) is 18.8 Å². The number of halogens is 1. The molecule has 0 radical (unpaired) electrons.